The van der Waals surface area contributed by atoms with Crippen molar-refractivity contribution in [1.82, 2.24) is 4.72 Å². The number of ether oxygens (including phenoxy) is 1. The molecule has 2 aromatic carbocycles. The molecule has 0 aromatic heterocycles. The molecule has 31 heavy (non-hydrogen) atoms. The lowest BCUT2D eigenvalue weighted by Gasteiger charge is -2.17. The lowest BCUT2D eigenvalue weighted by atomic mass is 9.98. The van der Waals surface area contributed by atoms with Crippen LogP contribution in [0.1, 0.15) is 53.6 Å². The van der Waals surface area contributed by atoms with Gasteiger partial charge >= 0.3 is 0 Å². The van der Waals surface area contributed by atoms with Gasteiger partial charge in [-0.05, 0) is 54.9 Å². The minimum Gasteiger partial charge on any atom is -0.492 e. The molecule has 8 heteroatoms. The van der Waals surface area contributed by atoms with E-state index in [-0.39, 0.29) is 22.1 Å². The number of allylic oxidation sites excluding steroid dienone is 1. The molecule has 1 amide bonds. The average Bonchev–Trinajstić information content (AvgIpc) is 3.27. The maximum atomic E-state index is 14.6. The predicted molar refractivity (Wildman–Crippen MR) is 118 cm³/mol. The Hall–Kier alpha value is -2.38. The van der Waals surface area contributed by atoms with Gasteiger partial charge in [0, 0.05) is 6.07 Å². The van der Waals surface area contributed by atoms with E-state index in [1.54, 1.807) is 0 Å². The molecule has 0 unspecified atom stereocenters. The lowest BCUT2D eigenvalue weighted by Crippen LogP contribution is -2.32. The fraction of sp³-hybridized carbons (Fsp3) is 0.348. The summed E-state index contributed by atoms with van der Waals surface area (Å²) in [6, 6.07) is 9.60. The van der Waals surface area contributed by atoms with Gasteiger partial charge in [-0.2, -0.15) is 0 Å². The van der Waals surface area contributed by atoms with Crippen molar-refractivity contribution in [2.75, 3.05) is 6.61 Å². The Kier molecular flexibility index (Phi) is 6.34. The van der Waals surface area contributed by atoms with E-state index in [0.717, 1.165) is 48.9 Å². The topological polar surface area (TPSA) is 72.5 Å². The van der Waals surface area contributed by atoms with Crippen molar-refractivity contribution < 1.29 is 22.3 Å². The summed E-state index contributed by atoms with van der Waals surface area (Å²) in [5.41, 5.74) is 1.39. The zero-order valence-electron chi connectivity index (χ0n) is 16.9. The zero-order chi connectivity index (χ0) is 22.0. The fourth-order valence-corrected chi connectivity index (χ4v) is 5.41. The number of hydrogen-bond acceptors (Lipinski definition) is 4. The van der Waals surface area contributed by atoms with E-state index < -0.39 is 27.3 Å². The minimum atomic E-state index is -4.11. The highest BCUT2D eigenvalue weighted by molar-refractivity contribution is 7.94. The van der Waals surface area contributed by atoms with Crippen molar-refractivity contribution in [2.45, 2.75) is 38.5 Å². The van der Waals surface area contributed by atoms with Crippen molar-refractivity contribution in [3.63, 3.8) is 0 Å². The van der Waals surface area contributed by atoms with Gasteiger partial charge < -0.3 is 4.74 Å². The first-order valence-electron chi connectivity index (χ1n) is 10.3. The number of nitrogens with one attached hydrogen (secondary N) is 1. The first-order valence-corrected chi connectivity index (χ1v) is 12.2. The maximum Gasteiger partial charge on any atom is 0.268 e. The van der Waals surface area contributed by atoms with Crippen LogP contribution in [0.2, 0.25) is 5.02 Å². The van der Waals surface area contributed by atoms with Crippen LogP contribution >= 0.6 is 11.6 Å². The van der Waals surface area contributed by atoms with Crippen LogP contribution in [0.4, 0.5) is 4.39 Å². The molecule has 164 valence electrons. The molecule has 4 rings (SSSR count). The molecule has 0 heterocycles. The molecule has 0 aliphatic heterocycles. The van der Waals surface area contributed by atoms with Crippen LogP contribution in [-0.2, 0) is 16.4 Å². The van der Waals surface area contributed by atoms with Gasteiger partial charge in [0.15, 0.2) is 0 Å². The third-order valence-electron chi connectivity index (χ3n) is 5.80. The van der Waals surface area contributed by atoms with Crippen molar-refractivity contribution in [3.8, 4) is 5.75 Å². The van der Waals surface area contributed by atoms with E-state index >= 15 is 0 Å². The molecule has 0 atom stereocenters. The number of sulfonamides is 1. The molecule has 1 saturated carbocycles. The van der Waals surface area contributed by atoms with Crippen LogP contribution in [0.15, 0.2) is 41.3 Å². The number of carbonyl (C=O) groups is 1. The van der Waals surface area contributed by atoms with Crippen LogP contribution in [0.3, 0.4) is 0 Å². The summed E-state index contributed by atoms with van der Waals surface area (Å²) in [4.78, 5) is 12.6. The lowest BCUT2D eigenvalue weighted by molar-refractivity contribution is 0.0977. The largest absolute Gasteiger partial charge is 0.492 e. The number of amides is 1. The number of aryl methyl sites for hydroxylation is 1. The highest BCUT2D eigenvalue weighted by Crippen LogP contribution is 2.31. The van der Waals surface area contributed by atoms with E-state index in [0.29, 0.717) is 18.9 Å². The van der Waals surface area contributed by atoms with Gasteiger partial charge in [0.05, 0.1) is 22.1 Å². The molecule has 5 nitrogen and oxygen atoms in total. The number of carbonyl (C=O) groups excluding carboxylic acids is 1. The van der Waals surface area contributed by atoms with Gasteiger partial charge in [-0.15, -0.1) is 0 Å². The van der Waals surface area contributed by atoms with Crippen molar-refractivity contribution >= 4 is 33.6 Å². The first kappa shape index (κ1) is 21.8. The van der Waals surface area contributed by atoms with Crippen molar-refractivity contribution in [3.05, 3.63) is 68.8 Å². The normalized spacial score (nSPS) is 16.5. The number of hydrogen-bond donors (Lipinski definition) is 1. The average molecular weight is 464 g/mol. The van der Waals surface area contributed by atoms with E-state index in [2.05, 4.69) is 0 Å². The summed E-state index contributed by atoms with van der Waals surface area (Å²) in [5.74, 6) is -1.39. The van der Waals surface area contributed by atoms with Crippen LogP contribution in [0, 0.1) is 11.7 Å². The molecule has 0 bridgehead atoms. The summed E-state index contributed by atoms with van der Waals surface area (Å²) >= 11 is 6.17. The molecule has 1 fully saturated rings. The third kappa shape index (κ3) is 4.93. The Balaban J connectivity index is 1.49. The second-order valence-electron chi connectivity index (χ2n) is 7.97. The second-order valence-corrected chi connectivity index (χ2v) is 10.1. The Bertz CT molecular complexity index is 1140. The van der Waals surface area contributed by atoms with Crippen LogP contribution in [0.25, 0.3) is 6.08 Å². The number of rotatable bonds is 6. The first-order chi connectivity index (χ1) is 14.8. The van der Waals surface area contributed by atoms with Crippen molar-refractivity contribution in [2.24, 2.45) is 5.92 Å². The smallest absolute Gasteiger partial charge is 0.268 e. The molecule has 1 N–H and O–H groups in total. The maximum absolute atomic E-state index is 14.6. The molecule has 0 radical (unpaired) electrons. The van der Waals surface area contributed by atoms with E-state index in [9.17, 15) is 17.6 Å². The predicted octanol–water partition coefficient (Wildman–Crippen LogP) is 5.10. The molecular weight excluding hydrogens is 441 g/mol. The minimum absolute atomic E-state index is 0.0627. The molecule has 2 aliphatic rings. The SMILES string of the molecule is O=C(NS(=O)(=O)C1=Cc2ccccc2CC1)c1cc(Cl)c(OCC2CCCC2)cc1F. The highest BCUT2D eigenvalue weighted by atomic mass is 35.5. The zero-order valence-corrected chi connectivity index (χ0v) is 18.4. The monoisotopic (exact) mass is 463 g/mol. The van der Waals surface area contributed by atoms with E-state index in [1.807, 2.05) is 29.0 Å². The molecule has 2 aliphatic carbocycles. The van der Waals surface area contributed by atoms with Gasteiger partial charge in [-0.3, -0.25) is 4.79 Å². The van der Waals surface area contributed by atoms with Gasteiger partial charge in [-0.25, -0.2) is 17.5 Å². The number of halogens is 2. The number of fused-ring (bicyclic) bond motifs is 1. The quantitative estimate of drug-likeness (QED) is 0.647. The summed E-state index contributed by atoms with van der Waals surface area (Å²) < 4.78 is 47.6. The molecule has 0 saturated heterocycles. The van der Waals surface area contributed by atoms with E-state index in [4.69, 9.17) is 16.3 Å². The summed E-state index contributed by atoms with van der Waals surface area (Å²) in [6.45, 7) is 0.439. The Morgan fingerprint density at radius 3 is 2.68 bits per heavy atom. The van der Waals surface area contributed by atoms with Crippen molar-refractivity contribution in [1.29, 1.82) is 0 Å². The molecule has 0 spiro atoms. The van der Waals surface area contributed by atoms with Crippen LogP contribution in [-0.4, -0.2) is 20.9 Å². The summed E-state index contributed by atoms with van der Waals surface area (Å²) in [5, 5.41) is 0.0627. The summed E-state index contributed by atoms with van der Waals surface area (Å²) in [7, 11) is -4.11. The molecular formula is C23H23ClFNO4S. The fourth-order valence-electron chi connectivity index (χ4n) is 4.06. The van der Waals surface area contributed by atoms with Crippen LogP contribution in [0.5, 0.6) is 5.75 Å². The molecule has 2 aromatic rings. The van der Waals surface area contributed by atoms with Gasteiger partial charge in [0.2, 0.25) is 0 Å². The Morgan fingerprint density at radius 1 is 1.16 bits per heavy atom. The Morgan fingerprint density at radius 2 is 1.90 bits per heavy atom. The summed E-state index contributed by atoms with van der Waals surface area (Å²) in [6.07, 6.45) is 6.80. The van der Waals surface area contributed by atoms with E-state index in [1.165, 1.54) is 6.08 Å². The third-order valence-corrected chi connectivity index (χ3v) is 7.56. The Labute approximate surface area is 186 Å². The van der Waals surface area contributed by atoms with Gasteiger partial charge in [-0.1, -0.05) is 48.7 Å². The standard InChI is InChI=1S/C23H23ClFNO4S/c24-20-12-19(21(25)13-22(20)30-14-15-5-1-2-6-15)23(27)26-31(28,29)18-10-9-16-7-3-4-8-17(16)11-18/h3-4,7-8,11-13,15H,1-2,5-6,9-10,14H2,(H,26,27). The van der Waals surface area contributed by atoms with Gasteiger partial charge in [0.25, 0.3) is 15.9 Å². The van der Waals surface area contributed by atoms with Crippen LogP contribution < -0.4 is 9.46 Å². The second kappa shape index (κ2) is 9.01. The number of benzene rings is 2. The van der Waals surface area contributed by atoms with Gasteiger partial charge in [0.1, 0.15) is 11.6 Å². The highest BCUT2D eigenvalue weighted by Gasteiger charge is 2.26.